The summed E-state index contributed by atoms with van der Waals surface area (Å²) in [5.74, 6) is 1.86. The van der Waals surface area contributed by atoms with E-state index < -0.39 is 0 Å². The maximum absolute atomic E-state index is 4.66. The Hall–Kier alpha value is -0.850. The molecule has 0 unspecified atom stereocenters. The second kappa shape index (κ2) is 10.3. The third-order valence-corrected chi connectivity index (χ3v) is 7.03. The minimum absolute atomic E-state index is 0.308. The van der Waals surface area contributed by atoms with Gasteiger partial charge in [-0.25, -0.2) is 0 Å². The smallest absolute Gasteiger partial charge is 0.193 e. The Morgan fingerprint density at radius 3 is 2.14 bits per heavy atom. The first-order valence-electron chi connectivity index (χ1n) is 11.6. The molecule has 0 atom stereocenters. The summed E-state index contributed by atoms with van der Waals surface area (Å²) in [6.07, 6.45) is 6.68. The summed E-state index contributed by atoms with van der Waals surface area (Å²) in [5, 5.41) is 3.81. The molecule has 0 aromatic heterocycles. The number of piperidine rings is 2. The van der Waals surface area contributed by atoms with Crippen molar-refractivity contribution in [2.24, 2.45) is 10.9 Å². The monoisotopic (exact) mass is 392 g/mol. The average Bonchev–Trinajstić information content (AvgIpc) is 2.71. The molecule has 0 amide bonds. The van der Waals surface area contributed by atoms with E-state index in [2.05, 4.69) is 50.8 Å². The van der Waals surface area contributed by atoms with E-state index in [1.165, 1.54) is 64.8 Å². The van der Waals surface area contributed by atoms with Crippen LogP contribution in [0, 0.1) is 5.92 Å². The van der Waals surface area contributed by atoms with Crippen LogP contribution in [0.2, 0.25) is 0 Å². The summed E-state index contributed by atoms with van der Waals surface area (Å²) in [6.45, 7) is 16.3. The van der Waals surface area contributed by atoms with Gasteiger partial charge in [0.1, 0.15) is 0 Å². The van der Waals surface area contributed by atoms with E-state index in [0.717, 1.165) is 44.6 Å². The summed E-state index contributed by atoms with van der Waals surface area (Å²) >= 11 is 0. The normalized spacial score (nSPS) is 26.0. The molecule has 0 spiro atoms. The molecule has 3 aliphatic rings. The predicted octanol–water partition coefficient (Wildman–Crippen LogP) is 1.79. The molecule has 0 radical (unpaired) electrons. The lowest BCUT2D eigenvalue weighted by molar-refractivity contribution is 0.0167. The Labute approximate surface area is 173 Å². The van der Waals surface area contributed by atoms with Crippen LogP contribution in [0.15, 0.2) is 4.99 Å². The molecule has 28 heavy (non-hydrogen) atoms. The van der Waals surface area contributed by atoms with E-state index in [0.29, 0.717) is 5.54 Å². The average molecular weight is 393 g/mol. The molecule has 0 saturated carbocycles. The fourth-order valence-electron chi connectivity index (χ4n) is 5.24. The highest BCUT2D eigenvalue weighted by molar-refractivity contribution is 5.80. The Morgan fingerprint density at radius 1 is 0.929 bits per heavy atom. The first-order valence-corrected chi connectivity index (χ1v) is 11.6. The van der Waals surface area contributed by atoms with E-state index >= 15 is 0 Å². The number of likely N-dealkylation sites (tertiary alicyclic amines) is 2. The highest BCUT2D eigenvalue weighted by Crippen LogP contribution is 2.31. The van der Waals surface area contributed by atoms with Crippen molar-refractivity contribution in [3.63, 3.8) is 0 Å². The van der Waals surface area contributed by atoms with Gasteiger partial charge >= 0.3 is 0 Å². The summed E-state index contributed by atoms with van der Waals surface area (Å²) in [5.41, 5.74) is 0.308. The molecule has 6 nitrogen and oxygen atoms in total. The van der Waals surface area contributed by atoms with Gasteiger partial charge in [0, 0.05) is 51.9 Å². The van der Waals surface area contributed by atoms with Gasteiger partial charge in [0.2, 0.25) is 0 Å². The topological polar surface area (TPSA) is 37.4 Å². The molecule has 0 aromatic carbocycles. The lowest BCUT2D eigenvalue weighted by Gasteiger charge is -2.50. The second-order valence-electron chi connectivity index (χ2n) is 9.66. The maximum Gasteiger partial charge on any atom is 0.193 e. The Kier molecular flexibility index (Phi) is 8.01. The van der Waals surface area contributed by atoms with Crippen molar-refractivity contribution in [3.8, 4) is 0 Å². The summed E-state index contributed by atoms with van der Waals surface area (Å²) in [6, 6.07) is 0. The molecule has 6 heteroatoms. The molecule has 162 valence electrons. The summed E-state index contributed by atoms with van der Waals surface area (Å²) in [7, 11) is 4.22. The molecular formula is C22H44N6. The number of hydrogen-bond donors (Lipinski definition) is 1. The van der Waals surface area contributed by atoms with E-state index in [-0.39, 0.29) is 0 Å². The first-order chi connectivity index (χ1) is 13.5. The van der Waals surface area contributed by atoms with Crippen LogP contribution >= 0.6 is 0 Å². The van der Waals surface area contributed by atoms with Crippen LogP contribution in [0.1, 0.15) is 46.0 Å². The number of nitrogens with zero attached hydrogens (tertiary/aromatic N) is 5. The van der Waals surface area contributed by atoms with E-state index in [4.69, 9.17) is 0 Å². The third kappa shape index (κ3) is 5.61. The van der Waals surface area contributed by atoms with Crippen molar-refractivity contribution >= 4 is 5.96 Å². The van der Waals surface area contributed by atoms with Gasteiger partial charge in [-0.3, -0.25) is 14.8 Å². The van der Waals surface area contributed by atoms with Crippen LogP contribution in [-0.4, -0.2) is 111 Å². The molecule has 3 rings (SSSR count). The lowest BCUT2D eigenvalue weighted by atomic mass is 9.84. The minimum atomic E-state index is 0.308. The highest BCUT2D eigenvalue weighted by Gasteiger charge is 2.40. The highest BCUT2D eigenvalue weighted by atomic mass is 15.4. The Morgan fingerprint density at radius 2 is 1.57 bits per heavy atom. The molecule has 0 bridgehead atoms. The molecule has 3 aliphatic heterocycles. The van der Waals surface area contributed by atoms with Crippen molar-refractivity contribution in [2.75, 3.05) is 79.5 Å². The maximum atomic E-state index is 4.66. The van der Waals surface area contributed by atoms with Crippen molar-refractivity contribution in [2.45, 2.75) is 51.5 Å². The Bertz CT molecular complexity index is 483. The predicted molar refractivity (Wildman–Crippen MR) is 119 cm³/mol. The van der Waals surface area contributed by atoms with Crippen molar-refractivity contribution < 1.29 is 0 Å². The molecule has 0 aromatic rings. The fraction of sp³-hybridized carbons (Fsp3) is 0.955. The lowest BCUT2D eigenvalue weighted by Crippen LogP contribution is -2.63. The zero-order chi connectivity index (χ0) is 20.0. The number of rotatable bonds is 5. The first kappa shape index (κ1) is 21.8. The van der Waals surface area contributed by atoms with Gasteiger partial charge in [0.15, 0.2) is 5.96 Å². The SMILES string of the molecule is CN=C(NCC1(N2CCCCC2)CCN(C)CC1)N1CCN(CC(C)C)CC1. The van der Waals surface area contributed by atoms with Gasteiger partial charge < -0.3 is 15.1 Å². The van der Waals surface area contributed by atoms with Crippen LogP contribution in [0.3, 0.4) is 0 Å². The van der Waals surface area contributed by atoms with Gasteiger partial charge in [-0.15, -0.1) is 0 Å². The third-order valence-electron chi connectivity index (χ3n) is 7.03. The summed E-state index contributed by atoms with van der Waals surface area (Å²) < 4.78 is 0. The molecule has 3 heterocycles. The molecule has 3 fully saturated rings. The quantitative estimate of drug-likeness (QED) is 0.570. The zero-order valence-corrected chi connectivity index (χ0v) is 18.9. The summed E-state index contributed by atoms with van der Waals surface area (Å²) in [4.78, 5) is 15.0. The largest absolute Gasteiger partial charge is 0.354 e. The van der Waals surface area contributed by atoms with Gasteiger partial charge in [-0.1, -0.05) is 20.3 Å². The number of aliphatic imine (C=N–C) groups is 1. The van der Waals surface area contributed by atoms with Crippen LogP contribution < -0.4 is 5.32 Å². The van der Waals surface area contributed by atoms with Gasteiger partial charge in [0.25, 0.3) is 0 Å². The number of hydrogen-bond acceptors (Lipinski definition) is 4. The standard InChI is InChI=1S/C22H44N6/c1-20(2)18-26-14-16-27(17-15-26)21(23-3)24-19-22(8-12-25(4)13-9-22)28-10-6-5-7-11-28/h20H,5-19H2,1-4H3,(H,23,24). The molecular weight excluding hydrogens is 348 g/mol. The van der Waals surface area contributed by atoms with Crippen LogP contribution in [0.4, 0.5) is 0 Å². The Balaban J connectivity index is 1.57. The van der Waals surface area contributed by atoms with Gasteiger partial charge in [-0.2, -0.15) is 0 Å². The van der Waals surface area contributed by atoms with E-state index in [1.54, 1.807) is 0 Å². The number of nitrogens with one attached hydrogen (secondary N) is 1. The van der Waals surface area contributed by atoms with Crippen LogP contribution in [0.5, 0.6) is 0 Å². The molecule has 0 aliphatic carbocycles. The van der Waals surface area contributed by atoms with Gasteiger partial charge in [-0.05, 0) is 64.8 Å². The molecule has 1 N–H and O–H groups in total. The van der Waals surface area contributed by atoms with Crippen molar-refractivity contribution in [3.05, 3.63) is 0 Å². The molecule has 3 saturated heterocycles. The van der Waals surface area contributed by atoms with E-state index in [1.807, 2.05) is 7.05 Å². The van der Waals surface area contributed by atoms with Crippen molar-refractivity contribution in [1.29, 1.82) is 0 Å². The van der Waals surface area contributed by atoms with E-state index in [9.17, 15) is 0 Å². The van der Waals surface area contributed by atoms with Crippen LogP contribution in [0.25, 0.3) is 0 Å². The fourth-order valence-corrected chi connectivity index (χ4v) is 5.24. The second-order valence-corrected chi connectivity index (χ2v) is 9.66. The zero-order valence-electron chi connectivity index (χ0n) is 18.9. The minimum Gasteiger partial charge on any atom is -0.354 e. The number of guanidine groups is 1. The van der Waals surface area contributed by atoms with Crippen molar-refractivity contribution in [1.82, 2.24) is 24.9 Å². The van der Waals surface area contributed by atoms with Crippen LogP contribution in [-0.2, 0) is 0 Å². The van der Waals surface area contributed by atoms with Gasteiger partial charge in [0.05, 0.1) is 0 Å². The number of piperazine rings is 1.